The Hall–Kier alpha value is -1.45. The first-order chi connectivity index (χ1) is 7.70. The van der Waals surface area contributed by atoms with E-state index in [9.17, 15) is 4.79 Å². The highest BCUT2D eigenvalue weighted by atomic mass is 35.5. The van der Waals surface area contributed by atoms with Crippen LogP contribution >= 0.6 is 23.2 Å². The molecule has 0 bridgehead atoms. The fraction of sp³-hybridized carbons (Fsp3) is 0. The van der Waals surface area contributed by atoms with Gasteiger partial charge < -0.3 is 0 Å². The summed E-state index contributed by atoms with van der Waals surface area (Å²) in [5, 5.41) is 1.03. The van der Waals surface area contributed by atoms with E-state index < -0.39 is 0 Å². The molecule has 1 heterocycles. The Balaban J connectivity index is 2.46. The van der Waals surface area contributed by atoms with Crippen LogP contribution in [0.1, 0.15) is 10.4 Å². The van der Waals surface area contributed by atoms with Crippen molar-refractivity contribution in [1.29, 1.82) is 0 Å². The highest BCUT2D eigenvalue weighted by Gasteiger charge is 2.06. The van der Waals surface area contributed by atoms with Crippen molar-refractivity contribution in [1.82, 2.24) is 9.97 Å². The first-order valence-corrected chi connectivity index (χ1v) is 5.19. The highest BCUT2D eigenvalue weighted by molar-refractivity contribution is 6.36. The molecule has 0 amide bonds. The molecule has 0 aliphatic carbocycles. The van der Waals surface area contributed by atoms with Gasteiger partial charge in [0.15, 0.2) is 12.1 Å². The van der Waals surface area contributed by atoms with E-state index in [-0.39, 0.29) is 0 Å². The number of aldehydes is 1. The molecular weight excluding hydrogens is 247 g/mol. The van der Waals surface area contributed by atoms with Gasteiger partial charge in [0.1, 0.15) is 0 Å². The normalized spacial score (nSPS) is 10.1. The summed E-state index contributed by atoms with van der Waals surface area (Å²) in [6, 6.07) is 5.07. The molecule has 1 aromatic heterocycles. The summed E-state index contributed by atoms with van der Waals surface area (Å²) in [4.78, 5) is 18.5. The van der Waals surface area contributed by atoms with Crippen LogP contribution in [0.4, 0.5) is 0 Å². The van der Waals surface area contributed by atoms with E-state index in [0.717, 1.165) is 0 Å². The number of rotatable bonds is 2. The third-order valence-corrected chi connectivity index (χ3v) is 2.53. The molecule has 0 spiro atoms. The Labute approximate surface area is 102 Å². The second-order valence-electron chi connectivity index (χ2n) is 3.08. The summed E-state index contributed by atoms with van der Waals surface area (Å²) >= 11 is 11.8. The number of halogens is 2. The van der Waals surface area contributed by atoms with E-state index in [0.29, 0.717) is 33.3 Å². The van der Waals surface area contributed by atoms with Gasteiger partial charge in [0, 0.05) is 23.0 Å². The van der Waals surface area contributed by atoms with E-state index >= 15 is 0 Å². The Morgan fingerprint density at radius 1 is 1.12 bits per heavy atom. The lowest BCUT2D eigenvalue weighted by Crippen LogP contribution is -1.91. The number of nitrogens with zero attached hydrogens (tertiary/aromatic N) is 2. The monoisotopic (exact) mass is 252 g/mol. The van der Waals surface area contributed by atoms with Crippen molar-refractivity contribution in [3.05, 3.63) is 46.2 Å². The Morgan fingerprint density at radius 3 is 2.38 bits per heavy atom. The van der Waals surface area contributed by atoms with Crippen molar-refractivity contribution in [2.45, 2.75) is 0 Å². The molecule has 2 aromatic rings. The average molecular weight is 253 g/mol. The summed E-state index contributed by atoms with van der Waals surface area (Å²) < 4.78 is 0. The van der Waals surface area contributed by atoms with Gasteiger partial charge in [-0.05, 0) is 18.2 Å². The second kappa shape index (κ2) is 4.60. The first-order valence-electron chi connectivity index (χ1n) is 4.43. The van der Waals surface area contributed by atoms with Crippen molar-refractivity contribution in [3.63, 3.8) is 0 Å². The molecule has 0 unspecified atom stereocenters. The Kier molecular flexibility index (Phi) is 3.17. The lowest BCUT2D eigenvalue weighted by Gasteiger charge is -2.02. The van der Waals surface area contributed by atoms with Gasteiger partial charge in [-0.2, -0.15) is 0 Å². The summed E-state index contributed by atoms with van der Waals surface area (Å²) in [7, 11) is 0. The highest BCUT2D eigenvalue weighted by Crippen LogP contribution is 2.27. The molecule has 16 heavy (non-hydrogen) atoms. The van der Waals surface area contributed by atoms with E-state index in [2.05, 4.69) is 9.97 Å². The molecule has 5 heteroatoms. The maximum absolute atomic E-state index is 10.4. The molecule has 0 radical (unpaired) electrons. The number of carbonyl (C=O) groups is 1. The fourth-order valence-electron chi connectivity index (χ4n) is 1.21. The molecule has 0 saturated heterocycles. The van der Waals surface area contributed by atoms with Crippen LogP contribution in [0.25, 0.3) is 11.4 Å². The van der Waals surface area contributed by atoms with Crippen molar-refractivity contribution >= 4 is 29.5 Å². The maximum atomic E-state index is 10.4. The minimum Gasteiger partial charge on any atom is -0.298 e. The minimum atomic E-state index is 0.425. The van der Waals surface area contributed by atoms with Crippen LogP contribution in [0.5, 0.6) is 0 Å². The molecule has 3 nitrogen and oxygen atoms in total. The Bertz CT molecular complexity index is 526. The molecule has 0 N–H and O–H groups in total. The van der Waals surface area contributed by atoms with E-state index in [1.807, 2.05) is 0 Å². The summed E-state index contributed by atoms with van der Waals surface area (Å²) in [6.45, 7) is 0. The third-order valence-electron chi connectivity index (χ3n) is 1.98. The topological polar surface area (TPSA) is 42.9 Å². The predicted octanol–water partition coefficient (Wildman–Crippen LogP) is 3.26. The quantitative estimate of drug-likeness (QED) is 0.771. The van der Waals surface area contributed by atoms with Crippen LogP contribution in [0.3, 0.4) is 0 Å². The molecular formula is C11H6Cl2N2O. The van der Waals surface area contributed by atoms with Crippen molar-refractivity contribution in [3.8, 4) is 11.4 Å². The zero-order valence-electron chi connectivity index (χ0n) is 8.02. The van der Waals surface area contributed by atoms with Crippen LogP contribution < -0.4 is 0 Å². The number of hydrogen-bond acceptors (Lipinski definition) is 3. The SMILES string of the molecule is O=Cc1cnc(-c2ccc(Cl)cc2Cl)nc1. The number of aromatic nitrogens is 2. The van der Waals surface area contributed by atoms with Gasteiger partial charge >= 0.3 is 0 Å². The standard InChI is InChI=1S/C11H6Cl2N2O/c12-8-1-2-9(10(13)3-8)11-14-4-7(6-16)5-15-11/h1-6H. The van der Waals surface area contributed by atoms with Gasteiger partial charge in [-0.3, -0.25) is 4.79 Å². The zero-order valence-corrected chi connectivity index (χ0v) is 9.53. The molecule has 1 aromatic carbocycles. The lowest BCUT2D eigenvalue weighted by atomic mass is 10.2. The van der Waals surface area contributed by atoms with Gasteiger partial charge in [-0.25, -0.2) is 9.97 Å². The van der Waals surface area contributed by atoms with E-state index in [4.69, 9.17) is 23.2 Å². The van der Waals surface area contributed by atoms with E-state index in [1.54, 1.807) is 18.2 Å². The van der Waals surface area contributed by atoms with Gasteiger partial charge in [0.25, 0.3) is 0 Å². The van der Waals surface area contributed by atoms with Crippen molar-refractivity contribution in [2.75, 3.05) is 0 Å². The predicted molar refractivity (Wildman–Crippen MR) is 62.9 cm³/mol. The molecule has 0 aliphatic heterocycles. The number of benzene rings is 1. The first kappa shape index (κ1) is 11.0. The average Bonchev–Trinajstić information content (AvgIpc) is 2.29. The fourth-order valence-corrected chi connectivity index (χ4v) is 1.70. The summed E-state index contributed by atoms with van der Waals surface area (Å²) in [6.07, 6.45) is 3.58. The van der Waals surface area contributed by atoms with Gasteiger partial charge in [0.2, 0.25) is 0 Å². The second-order valence-corrected chi connectivity index (χ2v) is 3.93. The third kappa shape index (κ3) is 2.21. The minimum absolute atomic E-state index is 0.425. The van der Waals surface area contributed by atoms with Crippen LogP contribution in [-0.2, 0) is 0 Å². The van der Waals surface area contributed by atoms with Crippen LogP contribution in [0.15, 0.2) is 30.6 Å². The van der Waals surface area contributed by atoms with Gasteiger partial charge in [-0.15, -0.1) is 0 Å². The molecule has 2 rings (SSSR count). The number of hydrogen-bond donors (Lipinski definition) is 0. The van der Waals surface area contributed by atoms with Crippen molar-refractivity contribution in [2.24, 2.45) is 0 Å². The summed E-state index contributed by atoms with van der Waals surface area (Å²) in [5.41, 5.74) is 1.11. The van der Waals surface area contributed by atoms with Crippen LogP contribution in [-0.4, -0.2) is 16.3 Å². The molecule has 0 fully saturated rings. The number of carbonyl (C=O) groups excluding carboxylic acids is 1. The smallest absolute Gasteiger partial charge is 0.160 e. The van der Waals surface area contributed by atoms with Crippen molar-refractivity contribution < 1.29 is 4.79 Å². The molecule has 0 saturated carbocycles. The van der Waals surface area contributed by atoms with Crippen LogP contribution in [0.2, 0.25) is 10.0 Å². The summed E-state index contributed by atoms with van der Waals surface area (Å²) in [5.74, 6) is 0.465. The van der Waals surface area contributed by atoms with E-state index in [1.165, 1.54) is 12.4 Å². The Morgan fingerprint density at radius 2 is 1.81 bits per heavy atom. The maximum Gasteiger partial charge on any atom is 0.160 e. The zero-order chi connectivity index (χ0) is 11.5. The molecule has 0 atom stereocenters. The lowest BCUT2D eigenvalue weighted by molar-refractivity contribution is 0.112. The van der Waals surface area contributed by atoms with Gasteiger partial charge in [0.05, 0.1) is 10.6 Å². The van der Waals surface area contributed by atoms with Crippen LogP contribution in [0, 0.1) is 0 Å². The largest absolute Gasteiger partial charge is 0.298 e. The molecule has 0 aliphatic rings. The molecule has 80 valence electrons. The van der Waals surface area contributed by atoms with Gasteiger partial charge in [-0.1, -0.05) is 23.2 Å².